The van der Waals surface area contributed by atoms with Gasteiger partial charge in [-0.2, -0.15) is 8.78 Å². The summed E-state index contributed by atoms with van der Waals surface area (Å²) in [6.45, 7) is 5.45. The minimum atomic E-state index is -2.80. The zero-order chi connectivity index (χ0) is 15.3. The highest BCUT2D eigenvalue weighted by Gasteiger charge is 2.13. The topological polar surface area (TPSA) is 41.5 Å². The average Bonchev–Trinajstić information content (AvgIpc) is 2.39. The van der Waals surface area contributed by atoms with Crippen LogP contribution in [-0.2, 0) is 6.54 Å². The zero-order valence-corrected chi connectivity index (χ0v) is 12.4. The third-order valence-corrected chi connectivity index (χ3v) is 3.50. The molecule has 114 valence electrons. The van der Waals surface area contributed by atoms with Gasteiger partial charge in [0.15, 0.2) is 0 Å². The molecule has 0 aliphatic heterocycles. The third kappa shape index (κ3) is 4.72. The minimum absolute atomic E-state index is 0.132. The van der Waals surface area contributed by atoms with E-state index in [-0.39, 0.29) is 24.3 Å². The smallest absolute Gasteiger partial charge is 0.387 e. The van der Waals surface area contributed by atoms with E-state index in [1.54, 1.807) is 13.8 Å². The number of aryl methyl sites for hydroxylation is 2. The van der Waals surface area contributed by atoms with Crippen molar-refractivity contribution >= 4 is 0 Å². The van der Waals surface area contributed by atoms with Gasteiger partial charge in [-0.15, -0.1) is 0 Å². The van der Waals surface area contributed by atoms with Gasteiger partial charge in [0, 0.05) is 19.2 Å². The molecular formula is C15H23F2NO2. The number of rotatable bonds is 7. The normalized spacial score (nSPS) is 14.4. The first kappa shape index (κ1) is 16.9. The van der Waals surface area contributed by atoms with Crippen LogP contribution >= 0.6 is 0 Å². The third-order valence-electron chi connectivity index (χ3n) is 3.50. The molecule has 5 heteroatoms. The Kier molecular flexibility index (Phi) is 6.36. The molecule has 2 atom stereocenters. The Morgan fingerprint density at radius 3 is 2.20 bits per heavy atom. The van der Waals surface area contributed by atoms with Gasteiger partial charge in [-0.1, -0.05) is 19.1 Å². The summed E-state index contributed by atoms with van der Waals surface area (Å²) in [6, 6.07) is 3.86. The SMILES string of the molecule is Cc1cc(CNC(C)C(C)CO)cc(C)c1OC(F)F. The second kappa shape index (κ2) is 7.55. The first-order valence-electron chi connectivity index (χ1n) is 6.74. The molecule has 2 unspecified atom stereocenters. The van der Waals surface area contributed by atoms with Gasteiger partial charge in [-0.25, -0.2) is 0 Å². The van der Waals surface area contributed by atoms with E-state index in [1.807, 2.05) is 26.0 Å². The molecule has 0 heterocycles. The van der Waals surface area contributed by atoms with Crippen molar-refractivity contribution in [3.8, 4) is 5.75 Å². The van der Waals surface area contributed by atoms with Crippen LogP contribution in [0.3, 0.4) is 0 Å². The molecule has 0 saturated heterocycles. The maximum Gasteiger partial charge on any atom is 0.387 e. The number of nitrogens with one attached hydrogen (secondary N) is 1. The Morgan fingerprint density at radius 2 is 1.75 bits per heavy atom. The molecule has 0 aromatic heterocycles. The van der Waals surface area contributed by atoms with Gasteiger partial charge in [0.25, 0.3) is 0 Å². The summed E-state index contributed by atoms with van der Waals surface area (Å²) in [6.07, 6.45) is 0. The fourth-order valence-corrected chi connectivity index (χ4v) is 2.06. The summed E-state index contributed by atoms with van der Waals surface area (Å²) >= 11 is 0. The highest BCUT2D eigenvalue weighted by molar-refractivity contribution is 5.43. The van der Waals surface area contributed by atoms with Gasteiger partial charge in [0.1, 0.15) is 5.75 Å². The van der Waals surface area contributed by atoms with Crippen LogP contribution in [0, 0.1) is 19.8 Å². The molecule has 0 aliphatic rings. The lowest BCUT2D eigenvalue weighted by Gasteiger charge is -2.20. The lowest BCUT2D eigenvalue weighted by Crippen LogP contribution is -2.33. The minimum Gasteiger partial charge on any atom is -0.434 e. The number of alkyl halides is 2. The van der Waals surface area contributed by atoms with Crippen molar-refractivity contribution in [2.45, 2.75) is 46.9 Å². The summed E-state index contributed by atoms with van der Waals surface area (Å²) in [5, 5.41) is 12.4. The lowest BCUT2D eigenvalue weighted by atomic mass is 10.0. The Labute approximate surface area is 119 Å². The zero-order valence-electron chi connectivity index (χ0n) is 12.4. The Morgan fingerprint density at radius 1 is 1.20 bits per heavy atom. The van der Waals surface area contributed by atoms with E-state index in [9.17, 15) is 8.78 Å². The van der Waals surface area contributed by atoms with Crippen molar-refractivity contribution in [3.05, 3.63) is 28.8 Å². The molecule has 0 bridgehead atoms. The molecule has 0 fully saturated rings. The quantitative estimate of drug-likeness (QED) is 0.810. The van der Waals surface area contributed by atoms with Gasteiger partial charge < -0.3 is 15.2 Å². The summed E-state index contributed by atoms with van der Waals surface area (Å²) in [7, 11) is 0. The molecular weight excluding hydrogens is 264 g/mol. The van der Waals surface area contributed by atoms with Gasteiger partial charge in [-0.05, 0) is 43.4 Å². The predicted octanol–water partition coefficient (Wildman–Crippen LogP) is 3.01. The van der Waals surface area contributed by atoms with Crippen molar-refractivity contribution in [3.63, 3.8) is 0 Å². The molecule has 0 spiro atoms. The van der Waals surface area contributed by atoms with Gasteiger partial charge in [0.2, 0.25) is 0 Å². The highest BCUT2D eigenvalue weighted by Crippen LogP contribution is 2.26. The van der Waals surface area contributed by atoms with E-state index in [4.69, 9.17) is 5.11 Å². The lowest BCUT2D eigenvalue weighted by molar-refractivity contribution is -0.0507. The molecule has 0 radical (unpaired) electrons. The fourth-order valence-electron chi connectivity index (χ4n) is 2.06. The Hall–Kier alpha value is -1.20. The summed E-state index contributed by atoms with van der Waals surface area (Å²) < 4.78 is 29.1. The van der Waals surface area contributed by atoms with Crippen LogP contribution in [0.2, 0.25) is 0 Å². The number of hydrogen-bond donors (Lipinski definition) is 2. The summed E-state index contributed by atoms with van der Waals surface area (Å²) in [5.74, 6) is 0.416. The maximum atomic E-state index is 12.3. The summed E-state index contributed by atoms with van der Waals surface area (Å²) in [4.78, 5) is 0. The van der Waals surface area contributed by atoms with Crippen molar-refractivity contribution in [1.29, 1.82) is 0 Å². The summed E-state index contributed by atoms with van der Waals surface area (Å²) in [5.41, 5.74) is 2.41. The monoisotopic (exact) mass is 287 g/mol. The fraction of sp³-hybridized carbons (Fsp3) is 0.600. The van der Waals surface area contributed by atoms with Crippen LogP contribution < -0.4 is 10.1 Å². The molecule has 0 aliphatic carbocycles. The Balaban J connectivity index is 2.74. The van der Waals surface area contributed by atoms with Crippen LogP contribution in [0.4, 0.5) is 8.78 Å². The predicted molar refractivity (Wildman–Crippen MR) is 75.1 cm³/mol. The second-order valence-corrected chi connectivity index (χ2v) is 5.27. The van der Waals surface area contributed by atoms with Crippen molar-refractivity contribution < 1.29 is 18.6 Å². The van der Waals surface area contributed by atoms with Crippen LogP contribution in [0.1, 0.15) is 30.5 Å². The standard InChI is InChI=1S/C15H23F2NO2/c1-9-5-13(7-18-12(4)11(3)8-19)6-10(2)14(9)20-15(16)17/h5-6,11-12,15,18-19H,7-8H2,1-4H3. The first-order valence-corrected chi connectivity index (χ1v) is 6.74. The number of aliphatic hydroxyl groups excluding tert-OH is 1. The average molecular weight is 287 g/mol. The van der Waals surface area contributed by atoms with E-state index in [0.29, 0.717) is 17.7 Å². The number of halogens is 2. The molecule has 0 saturated carbocycles. The van der Waals surface area contributed by atoms with E-state index in [0.717, 1.165) is 5.56 Å². The molecule has 1 aromatic rings. The molecule has 20 heavy (non-hydrogen) atoms. The Bertz CT molecular complexity index is 415. The second-order valence-electron chi connectivity index (χ2n) is 5.27. The van der Waals surface area contributed by atoms with Gasteiger partial charge in [0.05, 0.1) is 0 Å². The van der Waals surface area contributed by atoms with Crippen molar-refractivity contribution in [2.24, 2.45) is 5.92 Å². The molecule has 1 rings (SSSR count). The number of benzene rings is 1. The first-order chi connectivity index (χ1) is 9.35. The molecule has 2 N–H and O–H groups in total. The van der Waals surface area contributed by atoms with E-state index < -0.39 is 6.61 Å². The van der Waals surface area contributed by atoms with Gasteiger partial charge in [-0.3, -0.25) is 0 Å². The van der Waals surface area contributed by atoms with Crippen LogP contribution in [0.25, 0.3) is 0 Å². The van der Waals surface area contributed by atoms with Crippen molar-refractivity contribution in [1.82, 2.24) is 5.32 Å². The largest absolute Gasteiger partial charge is 0.434 e. The van der Waals surface area contributed by atoms with E-state index in [2.05, 4.69) is 10.1 Å². The van der Waals surface area contributed by atoms with Crippen LogP contribution in [-0.4, -0.2) is 24.4 Å². The number of hydrogen-bond acceptors (Lipinski definition) is 3. The van der Waals surface area contributed by atoms with E-state index >= 15 is 0 Å². The van der Waals surface area contributed by atoms with Gasteiger partial charge >= 0.3 is 6.61 Å². The molecule has 3 nitrogen and oxygen atoms in total. The highest BCUT2D eigenvalue weighted by atomic mass is 19.3. The van der Waals surface area contributed by atoms with Crippen molar-refractivity contribution in [2.75, 3.05) is 6.61 Å². The van der Waals surface area contributed by atoms with E-state index in [1.165, 1.54) is 0 Å². The number of ether oxygens (including phenoxy) is 1. The maximum absolute atomic E-state index is 12.3. The van der Waals surface area contributed by atoms with Crippen LogP contribution in [0.15, 0.2) is 12.1 Å². The molecule has 1 aromatic carbocycles. The number of aliphatic hydroxyl groups is 1. The van der Waals surface area contributed by atoms with Crippen LogP contribution in [0.5, 0.6) is 5.75 Å². The molecule has 0 amide bonds.